The number of nitrogens with zero attached hydrogens (tertiary/aromatic N) is 2. The molecule has 1 aromatic carbocycles. The average molecular weight is 345 g/mol. The molecule has 0 saturated carbocycles. The van der Waals surface area contributed by atoms with Crippen LogP contribution in [0, 0.1) is 12.8 Å². The van der Waals surface area contributed by atoms with E-state index in [9.17, 15) is 4.79 Å². The van der Waals surface area contributed by atoms with Crippen LogP contribution in [0.1, 0.15) is 37.3 Å². The molecule has 0 spiro atoms. The molecule has 0 atom stereocenters. The third-order valence-corrected chi connectivity index (χ3v) is 4.75. The summed E-state index contributed by atoms with van der Waals surface area (Å²) in [7, 11) is 1.71. The summed E-state index contributed by atoms with van der Waals surface area (Å²) in [6.45, 7) is 7.84. The molecule has 138 valence electrons. The van der Waals surface area contributed by atoms with Gasteiger partial charge >= 0.3 is 0 Å². The quantitative estimate of drug-likeness (QED) is 0.615. The number of guanidine groups is 1. The Bertz CT molecular complexity index is 577. The highest BCUT2D eigenvalue weighted by Crippen LogP contribution is 2.20. The van der Waals surface area contributed by atoms with Crippen LogP contribution in [0.2, 0.25) is 0 Å². The molecule has 1 saturated heterocycles. The number of aryl methyl sites for hydroxylation is 1. The molecular formula is C20H32N4O. The van der Waals surface area contributed by atoms with Gasteiger partial charge in [0.2, 0.25) is 5.91 Å². The van der Waals surface area contributed by atoms with E-state index in [2.05, 4.69) is 53.6 Å². The largest absolute Gasteiger partial charge is 0.359 e. The Morgan fingerprint density at radius 2 is 2.08 bits per heavy atom. The van der Waals surface area contributed by atoms with Gasteiger partial charge in [0.15, 0.2) is 5.96 Å². The van der Waals surface area contributed by atoms with Crippen LogP contribution in [0.25, 0.3) is 0 Å². The van der Waals surface area contributed by atoms with Gasteiger partial charge in [-0.2, -0.15) is 0 Å². The number of aliphatic imine (C=N–C) groups is 1. The fraction of sp³-hybridized carbons (Fsp3) is 0.600. The number of amides is 1. The maximum absolute atomic E-state index is 11.5. The van der Waals surface area contributed by atoms with Crippen LogP contribution in [0.4, 0.5) is 0 Å². The molecule has 0 radical (unpaired) electrons. The van der Waals surface area contributed by atoms with Gasteiger partial charge in [-0.25, -0.2) is 0 Å². The molecule has 5 heteroatoms. The molecule has 2 rings (SSSR count). The minimum atomic E-state index is 0.150. The molecule has 2 N–H and O–H groups in total. The predicted octanol–water partition coefficient (Wildman–Crippen LogP) is 2.35. The summed E-state index contributed by atoms with van der Waals surface area (Å²) in [4.78, 5) is 18.7. The lowest BCUT2D eigenvalue weighted by molar-refractivity contribution is -0.121. The Labute approximate surface area is 151 Å². The number of benzene rings is 1. The molecule has 1 fully saturated rings. The molecular weight excluding hydrogens is 312 g/mol. The van der Waals surface area contributed by atoms with E-state index in [1.807, 2.05) is 0 Å². The minimum Gasteiger partial charge on any atom is -0.359 e. The van der Waals surface area contributed by atoms with Gasteiger partial charge in [-0.05, 0) is 44.6 Å². The summed E-state index contributed by atoms with van der Waals surface area (Å²) in [5.41, 5.74) is 2.63. The number of hydrogen-bond acceptors (Lipinski definition) is 2. The molecule has 0 aromatic heterocycles. The van der Waals surface area contributed by atoms with Crippen LogP contribution >= 0.6 is 0 Å². The average Bonchev–Trinajstić information content (AvgIpc) is 2.62. The van der Waals surface area contributed by atoms with Gasteiger partial charge in [-0.3, -0.25) is 9.79 Å². The van der Waals surface area contributed by atoms with Crippen molar-refractivity contribution in [1.82, 2.24) is 15.5 Å². The van der Waals surface area contributed by atoms with Crippen molar-refractivity contribution in [3.63, 3.8) is 0 Å². The Hall–Kier alpha value is -2.04. The van der Waals surface area contributed by atoms with E-state index in [0.717, 1.165) is 51.4 Å². The van der Waals surface area contributed by atoms with Gasteiger partial charge in [0.1, 0.15) is 0 Å². The van der Waals surface area contributed by atoms with Crippen molar-refractivity contribution in [1.29, 1.82) is 0 Å². The van der Waals surface area contributed by atoms with E-state index in [1.54, 1.807) is 7.05 Å². The summed E-state index contributed by atoms with van der Waals surface area (Å²) in [6, 6.07) is 8.63. The van der Waals surface area contributed by atoms with Crippen molar-refractivity contribution in [2.24, 2.45) is 10.9 Å². The van der Waals surface area contributed by atoms with E-state index >= 15 is 0 Å². The normalized spacial score (nSPS) is 16.0. The number of hydrogen-bond donors (Lipinski definition) is 2. The van der Waals surface area contributed by atoms with Crippen molar-refractivity contribution in [3.05, 3.63) is 35.4 Å². The first kappa shape index (κ1) is 19.3. The second-order valence-corrected chi connectivity index (χ2v) is 6.78. The SMILES string of the molecule is CCNC(=NCCc1cccc(C)c1)N1CCC(CC(=O)NC)CC1. The lowest BCUT2D eigenvalue weighted by Crippen LogP contribution is -2.46. The molecule has 25 heavy (non-hydrogen) atoms. The molecule has 1 aromatic rings. The van der Waals surface area contributed by atoms with Crippen molar-refractivity contribution in [2.45, 2.75) is 39.5 Å². The molecule has 1 amide bonds. The summed E-state index contributed by atoms with van der Waals surface area (Å²) >= 11 is 0. The zero-order chi connectivity index (χ0) is 18.1. The Kier molecular flexibility index (Phi) is 7.76. The van der Waals surface area contributed by atoms with Crippen LogP contribution in [0.15, 0.2) is 29.3 Å². The number of carbonyl (C=O) groups excluding carboxylic acids is 1. The zero-order valence-electron chi connectivity index (χ0n) is 15.8. The van der Waals surface area contributed by atoms with Gasteiger partial charge in [-0.15, -0.1) is 0 Å². The van der Waals surface area contributed by atoms with Gasteiger partial charge < -0.3 is 15.5 Å². The maximum Gasteiger partial charge on any atom is 0.220 e. The summed E-state index contributed by atoms with van der Waals surface area (Å²) < 4.78 is 0. The molecule has 1 aliphatic heterocycles. The smallest absolute Gasteiger partial charge is 0.220 e. The van der Waals surface area contributed by atoms with Gasteiger partial charge in [0, 0.05) is 39.6 Å². The fourth-order valence-corrected chi connectivity index (χ4v) is 3.30. The summed E-state index contributed by atoms with van der Waals surface area (Å²) in [5.74, 6) is 1.65. The van der Waals surface area contributed by atoms with E-state index < -0.39 is 0 Å². The van der Waals surface area contributed by atoms with Gasteiger partial charge in [0.05, 0.1) is 0 Å². The van der Waals surface area contributed by atoms with Crippen LogP contribution in [-0.2, 0) is 11.2 Å². The second-order valence-electron chi connectivity index (χ2n) is 6.78. The topological polar surface area (TPSA) is 56.7 Å². The Morgan fingerprint density at radius 1 is 1.32 bits per heavy atom. The summed E-state index contributed by atoms with van der Waals surface area (Å²) in [5, 5.41) is 6.14. The molecule has 1 aliphatic rings. The molecule has 1 heterocycles. The Balaban J connectivity index is 1.86. The number of rotatable bonds is 6. The predicted molar refractivity (Wildman–Crippen MR) is 104 cm³/mol. The van der Waals surface area contributed by atoms with Crippen molar-refractivity contribution >= 4 is 11.9 Å². The fourth-order valence-electron chi connectivity index (χ4n) is 3.30. The minimum absolute atomic E-state index is 0.150. The first-order chi connectivity index (χ1) is 12.1. The van der Waals surface area contributed by atoms with Gasteiger partial charge in [0.25, 0.3) is 0 Å². The third-order valence-electron chi connectivity index (χ3n) is 4.75. The van der Waals surface area contributed by atoms with E-state index in [0.29, 0.717) is 12.3 Å². The van der Waals surface area contributed by atoms with Crippen molar-refractivity contribution in [3.8, 4) is 0 Å². The third kappa shape index (κ3) is 6.40. The maximum atomic E-state index is 11.5. The van der Waals surface area contributed by atoms with E-state index in [-0.39, 0.29) is 5.91 Å². The molecule has 0 aliphatic carbocycles. The second kappa shape index (κ2) is 10.1. The molecule has 0 bridgehead atoms. The molecule has 0 unspecified atom stereocenters. The lowest BCUT2D eigenvalue weighted by atomic mass is 9.93. The Morgan fingerprint density at radius 3 is 2.72 bits per heavy atom. The standard InChI is InChI=1S/C20H32N4O/c1-4-22-20(23-11-8-17-7-5-6-16(2)14-17)24-12-9-18(10-13-24)15-19(25)21-3/h5-7,14,18H,4,8-13,15H2,1-3H3,(H,21,25)(H,22,23). The van der Waals surface area contributed by atoms with Crippen molar-refractivity contribution in [2.75, 3.05) is 33.2 Å². The number of piperidine rings is 1. The monoisotopic (exact) mass is 344 g/mol. The van der Waals surface area contributed by atoms with Crippen LogP contribution in [0.3, 0.4) is 0 Å². The highest BCUT2D eigenvalue weighted by atomic mass is 16.1. The van der Waals surface area contributed by atoms with Gasteiger partial charge in [-0.1, -0.05) is 29.8 Å². The van der Waals surface area contributed by atoms with Crippen LogP contribution < -0.4 is 10.6 Å². The van der Waals surface area contributed by atoms with E-state index in [1.165, 1.54) is 11.1 Å². The summed E-state index contributed by atoms with van der Waals surface area (Å²) in [6.07, 6.45) is 3.71. The van der Waals surface area contributed by atoms with E-state index in [4.69, 9.17) is 4.99 Å². The molecule has 5 nitrogen and oxygen atoms in total. The zero-order valence-corrected chi connectivity index (χ0v) is 15.8. The first-order valence-electron chi connectivity index (χ1n) is 9.41. The number of carbonyl (C=O) groups is 1. The van der Waals surface area contributed by atoms with Crippen LogP contribution in [0.5, 0.6) is 0 Å². The lowest BCUT2D eigenvalue weighted by Gasteiger charge is -2.34. The van der Waals surface area contributed by atoms with Crippen molar-refractivity contribution < 1.29 is 4.79 Å². The first-order valence-corrected chi connectivity index (χ1v) is 9.41. The van der Waals surface area contributed by atoms with Crippen LogP contribution in [-0.4, -0.2) is 50.0 Å². The highest BCUT2D eigenvalue weighted by molar-refractivity contribution is 5.80. The highest BCUT2D eigenvalue weighted by Gasteiger charge is 2.22. The number of nitrogens with one attached hydrogen (secondary N) is 2. The number of likely N-dealkylation sites (tertiary alicyclic amines) is 1.